The molecular formula is C14H22N4O2S. The van der Waals surface area contributed by atoms with Gasteiger partial charge < -0.3 is 21.3 Å². The smallest absolute Gasteiger partial charge is 0.312 e. The third-order valence-electron chi connectivity index (χ3n) is 3.72. The lowest BCUT2D eigenvalue weighted by atomic mass is 10.1. The van der Waals surface area contributed by atoms with Gasteiger partial charge in [-0.25, -0.2) is 4.79 Å². The molecule has 6 nitrogen and oxygen atoms in total. The highest BCUT2D eigenvalue weighted by Gasteiger charge is 2.30. The number of nitrogens with zero attached hydrogens (tertiary/aromatic N) is 1. The maximum Gasteiger partial charge on any atom is 0.312 e. The Kier molecular flexibility index (Phi) is 5.58. The molecule has 1 aliphatic rings. The number of hydrogen-bond acceptors (Lipinski definition) is 4. The van der Waals surface area contributed by atoms with Gasteiger partial charge in [0.1, 0.15) is 0 Å². The minimum Gasteiger partial charge on any atom is -0.352 e. The third-order valence-corrected chi connectivity index (χ3v) is 4.71. The minimum absolute atomic E-state index is 0.0694. The molecule has 1 aromatic rings. The molecule has 3 amide bonds. The Balaban J connectivity index is 2.02. The highest BCUT2D eigenvalue weighted by Crippen LogP contribution is 2.25. The van der Waals surface area contributed by atoms with Crippen LogP contribution in [0.4, 0.5) is 4.79 Å². The SMILES string of the molecule is CNCC1CCCN1C(=O)CC(NC(N)=O)c1cccs1. The number of nitrogens with one attached hydrogen (secondary N) is 2. The van der Waals surface area contributed by atoms with E-state index >= 15 is 0 Å². The molecule has 2 heterocycles. The molecule has 4 N–H and O–H groups in total. The van der Waals surface area contributed by atoms with Crippen molar-refractivity contribution in [2.45, 2.75) is 31.3 Å². The first kappa shape index (κ1) is 15.8. The molecule has 2 rings (SSSR count). The first-order valence-electron chi connectivity index (χ1n) is 7.15. The number of likely N-dealkylation sites (tertiary alicyclic amines) is 1. The van der Waals surface area contributed by atoms with Crippen molar-refractivity contribution in [2.24, 2.45) is 5.73 Å². The number of hydrogen-bond donors (Lipinski definition) is 3. The van der Waals surface area contributed by atoms with Crippen LogP contribution in [0, 0.1) is 0 Å². The van der Waals surface area contributed by atoms with Crippen molar-refractivity contribution >= 4 is 23.3 Å². The van der Waals surface area contributed by atoms with Crippen molar-refractivity contribution < 1.29 is 9.59 Å². The summed E-state index contributed by atoms with van der Waals surface area (Å²) in [6.07, 6.45) is 2.31. The zero-order valence-electron chi connectivity index (χ0n) is 12.2. The summed E-state index contributed by atoms with van der Waals surface area (Å²) in [7, 11) is 1.89. The maximum atomic E-state index is 12.5. The number of urea groups is 1. The molecule has 1 saturated heterocycles. The van der Waals surface area contributed by atoms with Crippen molar-refractivity contribution in [3.05, 3.63) is 22.4 Å². The topological polar surface area (TPSA) is 87.5 Å². The van der Waals surface area contributed by atoms with E-state index in [-0.39, 0.29) is 24.4 Å². The van der Waals surface area contributed by atoms with Crippen LogP contribution in [0.2, 0.25) is 0 Å². The zero-order chi connectivity index (χ0) is 15.2. The van der Waals surface area contributed by atoms with Crippen LogP contribution < -0.4 is 16.4 Å². The van der Waals surface area contributed by atoms with Gasteiger partial charge in [0.25, 0.3) is 0 Å². The molecule has 1 aromatic heterocycles. The number of likely N-dealkylation sites (N-methyl/N-ethyl adjacent to an activating group) is 1. The Hall–Kier alpha value is -1.60. The van der Waals surface area contributed by atoms with Crippen LogP contribution in [-0.4, -0.2) is 43.0 Å². The van der Waals surface area contributed by atoms with Crippen molar-refractivity contribution in [2.75, 3.05) is 20.1 Å². The Morgan fingerprint density at radius 1 is 1.57 bits per heavy atom. The Labute approximate surface area is 128 Å². The fourth-order valence-corrected chi connectivity index (χ4v) is 3.57. The first-order chi connectivity index (χ1) is 10.1. The largest absolute Gasteiger partial charge is 0.352 e. The molecule has 0 aromatic carbocycles. The summed E-state index contributed by atoms with van der Waals surface area (Å²) in [5.41, 5.74) is 5.22. The molecule has 7 heteroatoms. The van der Waals surface area contributed by atoms with E-state index < -0.39 is 6.03 Å². The molecule has 0 radical (unpaired) electrons. The molecule has 0 bridgehead atoms. The average molecular weight is 310 g/mol. The van der Waals surface area contributed by atoms with Crippen molar-refractivity contribution in [3.8, 4) is 0 Å². The normalized spacial score (nSPS) is 19.5. The molecule has 2 atom stereocenters. The average Bonchev–Trinajstić information content (AvgIpc) is 3.08. The number of carbonyl (C=O) groups is 2. The van der Waals surface area contributed by atoms with Gasteiger partial charge in [-0.3, -0.25) is 4.79 Å². The van der Waals surface area contributed by atoms with Crippen LogP contribution in [0.1, 0.15) is 30.2 Å². The fraction of sp³-hybridized carbons (Fsp3) is 0.571. The van der Waals surface area contributed by atoms with Gasteiger partial charge in [-0.15, -0.1) is 11.3 Å². The van der Waals surface area contributed by atoms with Crippen LogP contribution in [0.25, 0.3) is 0 Å². The second kappa shape index (κ2) is 7.42. The first-order valence-corrected chi connectivity index (χ1v) is 8.03. The molecule has 21 heavy (non-hydrogen) atoms. The maximum absolute atomic E-state index is 12.5. The molecule has 0 aliphatic carbocycles. The lowest BCUT2D eigenvalue weighted by Gasteiger charge is -2.26. The Bertz CT molecular complexity index is 477. The predicted molar refractivity (Wildman–Crippen MR) is 83.1 cm³/mol. The van der Waals surface area contributed by atoms with Crippen molar-refractivity contribution in [1.29, 1.82) is 0 Å². The lowest BCUT2D eigenvalue weighted by Crippen LogP contribution is -2.43. The summed E-state index contributed by atoms with van der Waals surface area (Å²) in [4.78, 5) is 26.6. The number of nitrogens with two attached hydrogens (primary N) is 1. The molecular weight excluding hydrogens is 288 g/mol. The van der Waals surface area contributed by atoms with Gasteiger partial charge in [0, 0.05) is 24.0 Å². The van der Waals surface area contributed by atoms with Crippen LogP contribution >= 0.6 is 11.3 Å². The number of rotatable bonds is 6. The second-order valence-electron chi connectivity index (χ2n) is 5.22. The summed E-state index contributed by atoms with van der Waals surface area (Å²) in [5, 5.41) is 7.72. The molecule has 0 spiro atoms. The van der Waals surface area contributed by atoms with Crippen LogP contribution in [0.15, 0.2) is 17.5 Å². The van der Waals surface area contributed by atoms with Gasteiger partial charge >= 0.3 is 6.03 Å². The quantitative estimate of drug-likeness (QED) is 0.734. The van der Waals surface area contributed by atoms with Crippen LogP contribution in [0.5, 0.6) is 0 Å². The highest BCUT2D eigenvalue weighted by atomic mass is 32.1. The van der Waals surface area contributed by atoms with Gasteiger partial charge in [-0.05, 0) is 31.3 Å². The summed E-state index contributed by atoms with van der Waals surface area (Å²) >= 11 is 1.52. The minimum atomic E-state index is -0.602. The monoisotopic (exact) mass is 310 g/mol. The number of primary amides is 1. The van der Waals surface area contributed by atoms with Crippen LogP contribution in [0.3, 0.4) is 0 Å². The summed E-state index contributed by atoms with van der Waals surface area (Å²) in [5.74, 6) is 0.0694. The van der Waals surface area contributed by atoms with E-state index in [1.54, 1.807) is 0 Å². The fourth-order valence-electron chi connectivity index (χ4n) is 2.79. The third kappa shape index (κ3) is 4.18. The second-order valence-corrected chi connectivity index (χ2v) is 6.20. The van der Waals surface area contributed by atoms with E-state index in [0.29, 0.717) is 0 Å². The molecule has 116 valence electrons. The highest BCUT2D eigenvalue weighted by molar-refractivity contribution is 7.10. The van der Waals surface area contributed by atoms with Crippen molar-refractivity contribution in [1.82, 2.24) is 15.5 Å². The number of thiophene rings is 1. The Morgan fingerprint density at radius 2 is 2.38 bits per heavy atom. The summed E-state index contributed by atoms with van der Waals surface area (Å²) in [6.45, 7) is 1.59. The van der Waals surface area contributed by atoms with Gasteiger partial charge in [-0.1, -0.05) is 6.07 Å². The lowest BCUT2D eigenvalue weighted by molar-refractivity contribution is -0.132. The summed E-state index contributed by atoms with van der Waals surface area (Å²) < 4.78 is 0. The van der Waals surface area contributed by atoms with Crippen molar-refractivity contribution in [3.63, 3.8) is 0 Å². The van der Waals surface area contributed by atoms with Gasteiger partial charge in [0.2, 0.25) is 5.91 Å². The number of amides is 3. The molecule has 2 unspecified atom stereocenters. The van der Waals surface area contributed by atoms with Gasteiger partial charge in [0.15, 0.2) is 0 Å². The number of carbonyl (C=O) groups excluding carboxylic acids is 2. The van der Waals surface area contributed by atoms with E-state index in [9.17, 15) is 9.59 Å². The van der Waals surface area contributed by atoms with Gasteiger partial charge in [0.05, 0.1) is 12.5 Å². The standard InChI is InChI=1S/C14H22N4O2S/c1-16-9-10-4-2-6-18(10)13(19)8-11(17-14(15)20)12-5-3-7-21-12/h3,5,7,10-11,16H,2,4,6,8-9H2,1H3,(H3,15,17,20). The molecule has 0 saturated carbocycles. The van der Waals surface area contributed by atoms with E-state index in [0.717, 1.165) is 30.8 Å². The molecule has 1 fully saturated rings. The van der Waals surface area contributed by atoms with E-state index in [1.165, 1.54) is 11.3 Å². The zero-order valence-corrected chi connectivity index (χ0v) is 13.0. The Morgan fingerprint density at radius 3 is 3.00 bits per heavy atom. The van der Waals surface area contributed by atoms with E-state index in [1.807, 2.05) is 29.5 Å². The van der Waals surface area contributed by atoms with E-state index in [2.05, 4.69) is 10.6 Å². The van der Waals surface area contributed by atoms with Crippen LogP contribution in [-0.2, 0) is 4.79 Å². The van der Waals surface area contributed by atoms with Gasteiger partial charge in [-0.2, -0.15) is 0 Å². The van der Waals surface area contributed by atoms with E-state index in [4.69, 9.17) is 5.73 Å². The molecule has 1 aliphatic heterocycles. The predicted octanol–water partition coefficient (Wildman–Crippen LogP) is 1.06. The summed E-state index contributed by atoms with van der Waals surface area (Å²) in [6, 6.07) is 3.12.